The van der Waals surface area contributed by atoms with E-state index in [1.165, 1.54) is 43.7 Å². The Morgan fingerprint density at radius 2 is 1.42 bits per heavy atom. The summed E-state index contributed by atoms with van der Waals surface area (Å²) in [5, 5.41) is 5.06. The van der Waals surface area contributed by atoms with Crippen molar-refractivity contribution in [3.8, 4) is 11.1 Å². The van der Waals surface area contributed by atoms with Crippen LogP contribution in [0.25, 0.3) is 43.7 Å². The highest BCUT2D eigenvalue weighted by molar-refractivity contribution is 9.10. The number of H-pyrrole nitrogens is 1. The van der Waals surface area contributed by atoms with Gasteiger partial charge in [-0.2, -0.15) is 0 Å². The largest absolute Gasteiger partial charge is 0.354 e. The summed E-state index contributed by atoms with van der Waals surface area (Å²) < 4.78 is 1.10. The summed E-state index contributed by atoms with van der Waals surface area (Å²) in [6.07, 6.45) is 0. The van der Waals surface area contributed by atoms with Gasteiger partial charge >= 0.3 is 0 Å². The summed E-state index contributed by atoms with van der Waals surface area (Å²) in [5.74, 6) is 0. The van der Waals surface area contributed by atoms with Crippen molar-refractivity contribution in [2.75, 3.05) is 0 Å². The number of hydrogen-bond acceptors (Lipinski definition) is 0. The zero-order valence-corrected chi connectivity index (χ0v) is 14.5. The summed E-state index contributed by atoms with van der Waals surface area (Å²) >= 11 is 3.63. The van der Waals surface area contributed by atoms with E-state index in [2.05, 4.69) is 99.8 Å². The quantitative estimate of drug-likeness (QED) is 0.329. The van der Waals surface area contributed by atoms with Crippen LogP contribution in [-0.4, -0.2) is 4.98 Å². The molecule has 0 radical (unpaired) electrons. The van der Waals surface area contributed by atoms with Gasteiger partial charge in [0.1, 0.15) is 0 Å². The first-order chi connectivity index (χ1) is 11.8. The Bertz CT molecular complexity index is 1200. The fourth-order valence-electron chi connectivity index (χ4n) is 3.56. The smallest absolute Gasteiger partial charge is 0.0544 e. The number of rotatable bonds is 1. The Balaban J connectivity index is 2.02. The predicted octanol–water partition coefficient (Wildman–Crippen LogP) is 6.90. The van der Waals surface area contributed by atoms with Gasteiger partial charge in [0, 0.05) is 26.1 Å². The number of halogens is 1. The van der Waals surface area contributed by atoms with Crippen LogP contribution in [-0.2, 0) is 0 Å². The first-order valence-corrected chi connectivity index (χ1v) is 8.79. The van der Waals surface area contributed by atoms with Crippen molar-refractivity contribution in [1.82, 2.24) is 4.98 Å². The molecule has 5 aromatic rings. The zero-order chi connectivity index (χ0) is 16.1. The summed E-state index contributed by atoms with van der Waals surface area (Å²) in [6, 6.07) is 28.0. The molecule has 0 unspecified atom stereocenters. The van der Waals surface area contributed by atoms with Crippen LogP contribution < -0.4 is 0 Å². The average molecular weight is 372 g/mol. The molecule has 0 saturated carbocycles. The van der Waals surface area contributed by atoms with E-state index in [9.17, 15) is 0 Å². The van der Waals surface area contributed by atoms with Crippen LogP contribution in [0.4, 0.5) is 0 Å². The van der Waals surface area contributed by atoms with Crippen molar-refractivity contribution in [3.05, 3.63) is 83.3 Å². The van der Waals surface area contributed by atoms with Gasteiger partial charge in [-0.15, -0.1) is 0 Å². The standard InChI is InChI=1S/C22H14BrN/c23-15-10-11-17-19(12-15)18(14-6-2-1-3-7-14)13-20-16-8-4-5-9-21(16)24-22(17)20/h1-13,24H. The number of nitrogens with one attached hydrogen (secondary N) is 1. The van der Waals surface area contributed by atoms with Gasteiger partial charge in [-0.25, -0.2) is 0 Å². The van der Waals surface area contributed by atoms with Crippen molar-refractivity contribution < 1.29 is 0 Å². The lowest BCUT2D eigenvalue weighted by molar-refractivity contribution is 1.56. The van der Waals surface area contributed by atoms with Crippen LogP contribution >= 0.6 is 15.9 Å². The number of hydrogen-bond donors (Lipinski definition) is 1. The van der Waals surface area contributed by atoms with Gasteiger partial charge in [-0.3, -0.25) is 0 Å². The molecule has 1 nitrogen and oxygen atoms in total. The molecule has 2 heteroatoms. The van der Waals surface area contributed by atoms with E-state index in [1.807, 2.05) is 0 Å². The Morgan fingerprint density at radius 1 is 0.625 bits per heavy atom. The minimum atomic E-state index is 1.10. The zero-order valence-electron chi connectivity index (χ0n) is 12.9. The maximum Gasteiger partial charge on any atom is 0.0544 e. The second kappa shape index (κ2) is 5.22. The van der Waals surface area contributed by atoms with E-state index < -0.39 is 0 Å². The molecule has 0 aliphatic rings. The van der Waals surface area contributed by atoms with Crippen LogP contribution in [0.2, 0.25) is 0 Å². The molecule has 4 aromatic carbocycles. The van der Waals surface area contributed by atoms with E-state index in [0.717, 1.165) is 4.47 Å². The van der Waals surface area contributed by atoms with Crippen molar-refractivity contribution in [2.24, 2.45) is 0 Å². The Labute approximate surface area is 148 Å². The van der Waals surface area contributed by atoms with E-state index in [1.54, 1.807) is 0 Å². The van der Waals surface area contributed by atoms with Crippen molar-refractivity contribution in [3.63, 3.8) is 0 Å². The third kappa shape index (κ3) is 2.00. The summed E-state index contributed by atoms with van der Waals surface area (Å²) in [4.78, 5) is 3.60. The SMILES string of the molecule is Brc1ccc2c(c1)c(-c1ccccc1)cc1c3ccccc3[nH]c21. The van der Waals surface area contributed by atoms with Crippen molar-refractivity contribution in [1.29, 1.82) is 0 Å². The Hall–Kier alpha value is -2.58. The average Bonchev–Trinajstić information content (AvgIpc) is 3.00. The van der Waals surface area contributed by atoms with Crippen LogP contribution in [0.3, 0.4) is 0 Å². The van der Waals surface area contributed by atoms with Gasteiger partial charge in [0.05, 0.1) is 5.52 Å². The summed E-state index contributed by atoms with van der Waals surface area (Å²) in [5.41, 5.74) is 4.90. The lowest BCUT2D eigenvalue weighted by atomic mass is 9.95. The Morgan fingerprint density at radius 3 is 2.29 bits per heavy atom. The molecule has 0 aliphatic carbocycles. The van der Waals surface area contributed by atoms with Gasteiger partial charge < -0.3 is 4.98 Å². The maximum atomic E-state index is 3.63. The van der Waals surface area contributed by atoms with Gasteiger partial charge in [-0.05, 0) is 40.8 Å². The van der Waals surface area contributed by atoms with Crippen LogP contribution in [0.15, 0.2) is 83.3 Å². The third-order valence-corrected chi connectivity index (χ3v) is 5.15. The van der Waals surface area contributed by atoms with Gasteiger partial charge in [0.15, 0.2) is 0 Å². The monoisotopic (exact) mass is 371 g/mol. The summed E-state index contributed by atoms with van der Waals surface area (Å²) in [6.45, 7) is 0. The highest BCUT2D eigenvalue weighted by Crippen LogP contribution is 2.38. The Kier molecular flexibility index (Phi) is 3.00. The molecule has 0 aliphatic heterocycles. The molecule has 24 heavy (non-hydrogen) atoms. The molecule has 0 spiro atoms. The van der Waals surface area contributed by atoms with E-state index in [0.29, 0.717) is 0 Å². The van der Waals surface area contributed by atoms with Crippen LogP contribution in [0.5, 0.6) is 0 Å². The molecule has 0 fully saturated rings. The minimum Gasteiger partial charge on any atom is -0.354 e. The van der Waals surface area contributed by atoms with Crippen molar-refractivity contribution in [2.45, 2.75) is 0 Å². The van der Waals surface area contributed by atoms with Crippen LogP contribution in [0, 0.1) is 0 Å². The maximum absolute atomic E-state index is 3.63. The molecule has 0 bridgehead atoms. The van der Waals surface area contributed by atoms with Gasteiger partial charge in [0.2, 0.25) is 0 Å². The highest BCUT2D eigenvalue weighted by atomic mass is 79.9. The fourth-order valence-corrected chi connectivity index (χ4v) is 3.92. The van der Waals surface area contributed by atoms with Crippen LogP contribution in [0.1, 0.15) is 0 Å². The van der Waals surface area contributed by atoms with E-state index in [4.69, 9.17) is 0 Å². The van der Waals surface area contributed by atoms with E-state index in [-0.39, 0.29) is 0 Å². The van der Waals surface area contributed by atoms with Crippen molar-refractivity contribution >= 4 is 48.5 Å². The first kappa shape index (κ1) is 13.8. The molecule has 114 valence electrons. The number of para-hydroxylation sites is 1. The number of benzene rings is 4. The number of fused-ring (bicyclic) bond motifs is 5. The lowest BCUT2D eigenvalue weighted by Crippen LogP contribution is -1.84. The predicted molar refractivity (Wildman–Crippen MR) is 106 cm³/mol. The molecule has 1 heterocycles. The normalized spacial score (nSPS) is 11.5. The number of aromatic amines is 1. The summed E-state index contributed by atoms with van der Waals surface area (Å²) in [7, 11) is 0. The van der Waals surface area contributed by atoms with Gasteiger partial charge in [0.25, 0.3) is 0 Å². The van der Waals surface area contributed by atoms with Gasteiger partial charge in [-0.1, -0.05) is 70.5 Å². The molecular weight excluding hydrogens is 358 g/mol. The second-order valence-corrected chi connectivity index (χ2v) is 6.99. The fraction of sp³-hybridized carbons (Fsp3) is 0. The lowest BCUT2D eigenvalue weighted by Gasteiger charge is -2.09. The minimum absolute atomic E-state index is 1.10. The number of aromatic nitrogens is 1. The first-order valence-electron chi connectivity index (χ1n) is 7.99. The van der Waals surface area contributed by atoms with E-state index >= 15 is 0 Å². The molecule has 5 rings (SSSR count). The highest BCUT2D eigenvalue weighted by Gasteiger charge is 2.12. The molecule has 1 N–H and O–H groups in total. The molecule has 0 atom stereocenters. The molecule has 0 amide bonds. The second-order valence-electron chi connectivity index (χ2n) is 6.07. The third-order valence-electron chi connectivity index (χ3n) is 4.66. The molecular formula is C22H14BrN. The topological polar surface area (TPSA) is 15.8 Å². The molecule has 0 saturated heterocycles. The molecule has 1 aromatic heterocycles.